The summed E-state index contributed by atoms with van der Waals surface area (Å²) >= 11 is 0. The largest absolute Gasteiger partial charge is 0.480 e. The fourth-order valence-electron chi connectivity index (χ4n) is 3.24. The van der Waals surface area contributed by atoms with Gasteiger partial charge in [-0.1, -0.05) is 24.3 Å². The molecule has 21 heavy (non-hydrogen) atoms. The summed E-state index contributed by atoms with van der Waals surface area (Å²) in [5.74, 6) is 0.0687. The van der Waals surface area contributed by atoms with Gasteiger partial charge >= 0.3 is 5.97 Å². The second-order valence-corrected chi connectivity index (χ2v) is 6.27. The van der Waals surface area contributed by atoms with E-state index in [0.717, 1.165) is 45.1 Å². The van der Waals surface area contributed by atoms with Crippen molar-refractivity contribution in [1.29, 1.82) is 0 Å². The Hall–Kier alpha value is -1.39. The highest BCUT2D eigenvalue weighted by atomic mass is 16.4. The number of carboxylic acid groups (broad SMARTS) is 1. The van der Waals surface area contributed by atoms with Crippen molar-refractivity contribution in [2.75, 3.05) is 32.7 Å². The summed E-state index contributed by atoms with van der Waals surface area (Å²) in [4.78, 5) is 15.3. The molecule has 0 aromatic heterocycles. The number of aliphatic carboxylic acids is 1. The minimum atomic E-state index is -0.720. The summed E-state index contributed by atoms with van der Waals surface area (Å²) in [6.45, 7) is 4.96. The Kier molecular flexibility index (Phi) is 4.56. The van der Waals surface area contributed by atoms with Gasteiger partial charge in [-0.2, -0.15) is 0 Å². The molecule has 1 aromatic carbocycles. The van der Waals surface area contributed by atoms with E-state index in [0.29, 0.717) is 0 Å². The zero-order chi connectivity index (χ0) is 14.7. The molecule has 0 spiro atoms. The van der Waals surface area contributed by atoms with Crippen LogP contribution >= 0.6 is 0 Å². The van der Waals surface area contributed by atoms with Gasteiger partial charge in [0.1, 0.15) is 0 Å². The molecule has 3 rings (SSSR count). The Morgan fingerprint density at radius 2 is 1.81 bits per heavy atom. The van der Waals surface area contributed by atoms with E-state index in [9.17, 15) is 4.79 Å². The zero-order valence-corrected chi connectivity index (χ0v) is 12.5. The lowest BCUT2D eigenvalue weighted by atomic mass is 10.0. The van der Waals surface area contributed by atoms with Crippen LogP contribution in [0.1, 0.15) is 36.3 Å². The Balaban J connectivity index is 1.59. The molecule has 1 aromatic rings. The van der Waals surface area contributed by atoms with Crippen LogP contribution < -0.4 is 0 Å². The third kappa shape index (κ3) is 4.05. The highest BCUT2D eigenvalue weighted by Crippen LogP contribution is 2.41. The van der Waals surface area contributed by atoms with Crippen molar-refractivity contribution in [2.24, 2.45) is 0 Å². The predicted molar refractivity (Wildman–Crippen MR) is 82.4 cm³/mol. The molecule has 1 heterocycles. The van der Waals surface area contributed by atoms with Gasteiger partial charge in [-0.3, -0.25) is 14.6 Å². The molecule has 1 saturated heterocycles. The monoisotopic (exact) mass is 288 g/mol. The van der Waals surface area contributed by atoms with Crippen LogP contribution in [0, 0.1) is 0 Å². The first-order chi connectivity index (χ1) is 10.2. The molecule has 2 fully saturated rings. The van der Waals surface area contributed by atoms with E-state index in [2.05, 4.69) is 34.1 Å². The van der Waals surface area contributed by atoms with Gasteiger partial charge in [0.05, 0.1) is 6.54 Å². The lowest BCUT2D eigenvalue weighted by molar-refractivity contribution is -0.138. The van der Waals surface area contributed by atoms with Crippen LogP contribution in [-0.4, -0.2) is 53.6 Å². The van der Waals surface area contributed by atoms with Crippen LogP contribution in [0.4, 0.5) is 0 Å². The van der Waals surface area contributed by atoms with E-state index in [1.807, 2.05) is 0 Å². The Labute approximate surface area is 126 Å². The van der Waals surface area contributed by atoms with Crippen molar-refractivity contribution in [3.8, 4) is 0 Å². The van der Waals surface area contributed by atoms with Crippen molar-refractivity contribution in [1.82, 2.24) is 9.80 Å². The summed E-state index contributed by atoms with van der Waals surface area (Å²) in [6.07, 6.45) is 3.73. The Bertz CT molecular complexity index is 499. The molecule has 114 valence electrons. The summed E-state index contributed by atoms with van der Waals surface area (Å²) in [6, 6.07) is 8.82. The average Bonchev–Trinajstić information content (AvgIpc) is 3.28. The van der Waals surface area contributed by atoms with E-state index in [1.54, 1.807) is 0 Å². The smallest absolute Gasteiger partial charge is 0.317 e. The highest BCUT2D eigenvalue weighted by Gasteiger charge is 2.26. The SMILES string of the molecule is O=C(O)CN1CCCN(Cc2ccccc2C2CC2)CC1. The fourth-order valence-corrected chi connectivity index (χ4v) is 3.24. The first-order valence-corrected chi connectivity index (χ1v) is 7.96. The van der Waals surface area contributed by atoms with Crippen LogP contribution in [-0.2, 0) is 11.3 Å². The molecular weight excluding hydrogens is 264 g/mol. The van der Waals surface area contributed by atoms with Gasteiger partial charge in [0.15, 0.2) is 0 Å². The third-order valence-electron chi connectivity index (χ3n) is 4.51. The van der Waals surface area contributed by atoms with E-state index in [-0.39, 0.29) is 6.54 Å². The quantitative estimate of drug-likeness (QED) is 0.901. The molecule has 0 atom stereocenters. The van der Waals surface area contributed by atoms with Gasteiger partial charge in [-0.05, 0) is 42.9 Å². The Morgan fingerprint density at radius 3 is 2.57 bits per heavy atom. The van der Waals surface area contributed by atoms with Crippen LogP contribution in [0.15, 0.2) is 24.3 Å². The molecular formula is C17H24N2O2. The first kappa shape index (κ1) is 14.5. The lowest BCUT2D eigenvalue weighted by Gasteiger charge is -2.22. The number of rotatable bonds is 5. The van der Waals surface area contributed by atoms with Crippen LogP contribution in [0.5, 0.6) is 0 Å². The minimum Gasteiger partial charge on any atom is -0.480 e. The number of nitrogens with zero attached hydrogens (tertiary/aromatic N) is 2. The summed E-state index contributed by atoms with van der Waals surface area (Å²) in [7, 11) is 0. The van der Waals surface area contributed by atoms with Crippen LogP contribution in [0.25, 0.3) is 0 Å². The molecule has 2 aliphatic rings. The van der Waals surface area contributed by atoms with Crippen LogP contribution in [0.3, 0.4) is 0 Å². The second kappa shape index (κ2) is 6.58. The molecule has 0 unspecified atom stereocenters. The molecule has 0 bridgehead atoms. The van der Waals surface area contributed by atoms with Gasteiger partial charge in [-0.15, -0.1) is 0 Å². The molecule has 4 heteroatoms. The molecule has 1 aliphatic heterocycles. The van der Waals surface area contributed by atoms with Crippen molar-refractivity contribution < 1.29 is 9.90 Å². The summed E-state index contributed by atoms with van der Waals surface area (Å²) in [5, 5.41) is 8.91. The van der Waals surface area contributed by atoms with E-state index in [1.165, 1.54) is 24.0 Å². The maximum atomic E-state index is 10.8. The molecule has 0 radical (unpaired) electrons. The van der Waals surface area contributed by atoms with E-state index >= 15 is 0 Å². The maximum Gasteiger partial charge on any atom is 0.317 e. The molecule has 1 N–H and O–H groups in total. The fraction of sp³-hybridized carbons (Fsp3) is 0.588. The van der Waals surface area contributed by atoms with Gasteiger partial charge < -0.3 is 5.11 Å². The number of benzene rings is 1. The van der Waals surface area contributed by atoms with Crippen molar-refractivity contribution in [2.45, 2.75) is 31.7 Å². The molecule has 1 saturated carbocycles. The number of hydrogen-bond acceptors (Lipinski definition) is 3. The third-order valence-corrected chi connectivity index (χ3v) is 4.51. The molecule has 4 nitrogen and oxygen atoms in total. The van der Waals surface area contributed by atoms with E-state index in [4.69, 9.17) is 5.11 Å². The van der Waals surface area contributed by atoms with Crippen molar-refractivity contribution in [3.63, 3.8) is 0 Å². The maximum absolute atomic E-state index is 10.8. The van der Waals surface area contributed by atoms with Gasteiger partial charge in [-0.25, -0.2) is 0 Å². The van der Waals surface area contributed by atoms with Gasteiger partial charge in [0.2, 0.25) is 0 Å². The average molecular weight is 288 g/mol. The van der Waals surface area contributed by atoms with Crippen molar-refractivity contribution in [3.05, 3.63) is 35.4 Å². The highest BCUT2D eigenvalue weighted by molar-refractivity contribution is 5.69. The molecule has 1 aliphatic carbocycles. The lowest BCUT2D eigenvalue weighted by Crippen LogP contribution is -2.34. The molecule has 0 amide bonds. The summed E-state index contributed by atoms with van der Waals surface area (Å²) < 4.78 is 0. The van der Waals surface area contributed by atoms with Gasteiger partial charge in [0.25, 0.3) is 0 Å². The predicted octanol–water partition coefficient (Wildman–Crippen LogP) is 2.16. The normalized spacial score (nSPS) is 21.1. The van der Waals surface area contributed by atoms with Crippen molar-refractivity contribution >= 4 is 5.97 Å². The standard InChI is InChI=1S/C17H24N2O2/c20-17(21)13-19-9-3-8-18(10-11-19)12-15-4-1-2-5-16(15)14-6-7-14/h1-2,4-5,14H,3,6-13H2,(H,20,21). The number of carbonyl (C=O) groups is 1. The first-order valence-electron chi connectivity index (χ1n) is 7.96. The number of hydrogen-bond donors (Lipinski definition) is 1. The zero-order valence-electron chi connectivity index (χ0n) is 12.5. The van der Waals surface area contributed by atoms with Gasteiger partial charge in [0, 0.05) is 26.2 Å². The minimum absolute atomic E-state index is 0.173. The number of carboxylic acids is 1. The second-order valence-electron chi connectivity index (χ2n) is 6.27. The topological polar surface area (TPSA) is 43.8 Å². The Morgan fingerprint density at radius 1 is 1.10 bits per heavy atom. The van der Waals surface area contributed by atoms with Crippen LogP contribution in [0.2, 0.25) is 0 Å². The summed E-state index contributed by atoms with van der Waals surface area (Å²) in [5.41, 5.74) is 3.00. The van der Waals surface area contributed by atoms with E-state index < -0.39 is 5.97 Å².